The summed E-state index contributed by atoms with van der Waals surface area (Å²) >= 11 is 3.04. The van der Waals surface area contributed by atoms with E-state index >= 15 is 0 Å². The van der Waals surface area contributed by atoms with E-state index < -0.39 is 0 Å². The van der Waals surface area contributed by atoms with Crippen molar-refractivity contribution in [3.8, 4) is 0 Å². The standard InChI is InChI=1S/C17H18N4O2S2/c1-10(16-20-11-4-2-3-5-13(11)25-16)19-14(22)8-21-9-18-12-6-7-24-15(12)17(21)23/h6-7,9-10H,2-5,8H2,1H3,(H,19,22)/t10-/m1/s1. The fraction of sp³-hybridized carbons (Fsp3) is 0.412. The SMILES string of the molecule is C[C@@H](NC(=O)Cn1cnc2ccsc2c1=O)c1nc2c(s1)CCCC2. The van der Waals surface area contributed by atoms with E-state index in [9.17, 15) is 9.59 Å². The predicted molar refractivity (Wildman–Crippen MR) is 99.2 cm³/mol. The third-order valence-electron chi connectivity index (χ3n) is 4.36. The molecule has 1 aliphatic rings. The highest BCUT2D eigenvalue weighted by molar-refractivity contribution is 7.17. The number of fused-ring (bicyclic) bond motifs is 2. The quantitative estimate of drug-likeness (QED) is 0.762. The van der Waals surface area contributed by atoms with Gasteiger partial charge in [0.2, 0.25) is 5.91 Å². The lowest BCUT2D eigenvalue weighted by atomic mass is 10.0. The Balaban J connectivity index is 1.46. The molecule has 0 saturated heterocycles. The first-order valence-electron chi connectivity index (χ1n) is 8.32. The highest BCUT2D eigenvalue weighted by atomic mass is 32.1. The minimum absolute atomic E-state index is 0.0326. The number of amides is 1. The predicted octanol–water partition coefficient (Wildman–Crippen LogP) is 2.67. The Kier molecular flexibility index (Phi) is 4.39. The Morgan fingerprint density at radius 1 is 1.40 bits per heavy atom. The Labute approximate surface area is 152 Å². The summed E-state index contributed by atoms with van der Waals surface area (Å²) in [5.74, 6) is -0.208. The van der Waals surface area contributed by atoms with E-state index in [0.717, 1.165) is 17.8 Å². The molecule has 3 aromatic rings. The number of nitrogens with one attached hydrogen (secondary N) is 1. The maximum absolute atomic E-state index is 12.4. The van der Waals surface area contributed by atoms with Crippen molar-refractivity contribution in [3.63, 3.8) is 0 Å². The van der Waals surface area contributed by atoms with Crippen molar-refractivity contribution in [2.24, 2.45) is 0 Å². The van der Waals surface area contributed by atoms with Crippen LogP contribution in [0.5, 0.6) is 0 Å². The summed E-state index contributed by atoms with van der Waals surface area (Å²) in [5, 5.41) is 5.72. The van der Waals surface area contributed by atoms with Gasteiger partial charge in [-0.15, -0.1) is 22.7 Å². The fourth-order valence-electron chi connectivity index (χ4n) is 3.05. The second kappa shape index (κ2) is 6.68. The van der Waals surface area contributed by atoms with E-state index in [1.807, 2.05) is 12.3 Å². The van der Waals surface area contributed by atoms with Crippen LogP contribution in [0.2, 0.25) is 0 Å². The van der Waals surface area contributed by atoms with Gasteiger partial charge in [-0.05, 0) is 44.1 Å². The minimum atomic E-state index is -0.208. The number of thiazole rings is 1. The van der Waals surface area contributed by atoms with Crippen LogP contribution in [0.15, 0.2) is 22.6 Å². The van der Waals surface area contributed by atoms with Crippen LogP contribution < -0.4 is 10.9 Å². The van der Waals surface area contributed by atoms with Crippen molar-refractivity contribution in [2.45, 2.75) is 45.2 Å². The van der Waals surface area contributed by atoms with Crippen LogP contribution in [0.3, 0.4) is 0 Å². The van der Waals surface area contributed by atoms with Gasteiger partial charge in [0, 0.05) is 4.88 Å². The number of hydrogen-bond acceptors (Lipinski definition) is 6. The number of carbonyl (C=O) groups is 1. The van der Waals surface area contributed by atoms with Gasteiger partial charge in [0.15, 0.2) is 0 Å². The average molecular weight is 374 g/mol. The highest BCUT2D eigenvalue weighted by Gasteiger charge is 2.20. The molecule has 0 unspecified atom stereocenters. The number of aromatic nitrogens is 3. The molecule has 8 heteroatoms. The smallest absolute Gasteiger partial charge is 0.271 e. The van der Waals surface area contributed by atoms with Gasteiger partial charge in [-0.2, -0.15) is 0 Å². The third kappa shape index (κ3) is 3.23. The molecule has 3 heterocycles. The van der Waals surface area contributed by atoms with Gasteiger partial charge < -0.3 is 5.32 Å². The Morgan fingerprint density at radius 2 is 2.24 bits per heavy atom. The topological polar surface area (TPSA) is 76.9 Å². The zero-order valence-corrected chi connectivity index (χ0v) is 15.5. The largest absolute Gasteiger partial charge is 0.346 e. The summed E-state index contributed by atoms with van der Waals surface area (Å²) in [6.07, 6.45) is 5.97. The van der Waals surface area contributed by atoms with Crippen molar-refractivity contribution in [1.82, 2.24) is 19.9 Å². The molecule has 0 saturated carbocycles. The summed E-state index contributed by atoms with van der Waals surface area (Å²) in [7, 11) is 0. The third-order valence-corrected chi connectivity index (χ3v) is 6.59. The lowest BCUT2D eigenvalue weighted by Gasteiger charge is -2.12. The molecule has 4 rings (SSSR count). The molecule has 0 radical (unpaired) electrons. The van der Waals surface area contributed by atoms with E-state index in [0.29, 0.717) is 10.2 Å². The molecular formula is C17H18N4O2S2. The fourth-order valence-corrected chi connectivity index (χ4v) is 5.00. The van der Waals surface area contributed by atoms with Crippen LogP contribution >= 0.6 is 22.7 Å². The van der Waals surface area contributed by atoms with E-state index in [-0.39, 0.29) is 24.1 Å². The van der Waals surface area contributed by atoms with Gasteiger partial charge in [0.05, 0.1) is 23.6 Å². The van der Waals surface area contributed by atoms with E-state index in [1.165, 1.54) is 45.6 Å². The van der Waals surface area contributed by atoms with Crippen molar-refractivity contribution in [1.29, 1.82) is 0 Å². The lowest BCUT2D eigenvalue weighted by Crippen LogP contribution is -2.33. The zero-order valence-electron chi connectivity index (χ0n) is 13.8. The molecule has 0 spiro atoms. The Hall–Kier alpha value is -2.06. The summed E-state index contributed by atoms with van der Waals surface area (Å²) in [5.41, 5.74) is 1.69. The van der Waals surface area contributed by atoms with Crippen LogP contribution in [0.4, 0.5) is 0 Å². The second-order valence-corrected chi connectivity index (χ2v) is 8.26. The van der Waals surface area contributed by atoms with Gasteiger partial charge >= 0.3 is 0 Å². The summed E-state index contributed by atoms with van der Waals surface area (Å²) in [4.78, 5) is 35.0. The molecule has 1 amide bonds. The van der Waals surface area contributed by atoms with Crippen LogP contribution in [0, 0.1) is 0 Å². The first-order valence-corrected chi connectivity index (χ1v) is 10.0. The van der Waals surface area contributed by atoms with Crippen molar-refractivity contribution < 1.29 is 4.79 Å². The average Bonchev–Trinajstić information content (AvgIpc) is 3.24. The molecule has 1 N–H and O–H groups in total. The Bertz CT molecular complexity index is 965. The number of rotatable bonds is 4. The number of hydrogen-bond donors (Lipinski definition) is 1. The summed E-state index contributed by atoms with van der Waals surface area (Å²) < 4.78 is 1.93. The van der Waals surface area contributed by atoms with Crippen molar-refractivity contribution in [2.75, 3.05) is 0 Å². The maximum Gasteiger partial charge on any atom is 0.271 e. The molecule has 6 nitrogen and oxygen atoms in total. The molecule has 130 valence electrons. The van der Waals surface area contributed by atoms with Crippen molar-refractivity contribution >= 4 is 38.8 Å². The molecule has 0 bridgehead atoms. The van der Waals surface area contributed by atoms with E-state index in [1.54, 1.807) is 17.4 Å². The molecular weight excluding hydrogens is 356 g/mol. The Morgan fingerprint density at radius 3 is 3.08 bits per heavy atom. The van der Waals surface area contributed by atoms with Gasteiger partial charge in [0.1, 0.15) is 16.3 Å². The van der Waals surface area contributed by atoms with Crippen LogP contribution in [0.1, 0.15) is 41.4 Å². The van der Waals surface area contributed by atoms with Gasteiger partial charge in [-0.1, -0.05) is 0 Å². The second-order valence-electron chi connectivity index (χ2n) is 6.23. The molecule has 3 aromatic heterocycles. The van der Waals surface area contributed by atoms with Crippen molar-refractivity contribution in [3.05, 3.63) is 43.7 Å². The van der Waals surface area contributed by atoms with Gasteiger partial charge in [0.25, 0.3) is 5.56 Å². The first-order chi connectivity index (χ1) is 12.1. The monoisotopic (exact) mass is 374 g/mol. The normalized spacial score (nSPS) is 15.1. The molecule has 1 atom stereocenters. The zero-order chi connectivity index (χ0) is 17.4. The number of aryl methyl sites for hydroxylation is 2. The maximum atomic E-state index is 12.4. The number of thiophene rings is 1. The molecule has 1 aliphatic carbocycles. The van der Waals surface area contributed by atoms with E-state index in [2.05, 4.69) is 15.3 Å². The molecule has 0 aliphatic heterocycles. The summed E-state index contributed by atoms with van der Waals surface area (Å²) in [6, 6.07) is 1.65. The summed E-state index contributed by atoms with van der Waals surface area (Å²) in [6.45, 7) is 1.90. The van der Waals surface area contributed by atoms with Crippen LogP contribution in [0.25, 0.3) is 10.2 Å². The first kappa shape index (κ1) is 16.4. The van der Waals surface area contributed by atoms with Gasteiger partial charge in [-0.25, -0.2) is 9.97 Å². The van der Waals surface area contributed by atoms with E-state index in [4.69, 9.17) is 0 Å². The number of carbonyl (C=O) groups excluding carboxylic acids is 1. The van der Waals surface area contributed by atoms with Crippen LogP contribution in [-0.2, 0) is 24.2 Å². The molecule has 0 aromatic carbocycles. The van der Waals surface area contributed by atoms with Gasteiger partial charge in [-0.3, -0.25) is 14.2 Å². The minimum Gasteiger partial charge on any atom is -0.346 e. The molecule has 0 fully saturated rings. The lowest BCUT2D eigenvalue weighted by molar-refractivity contribution is -0.122. The number of nitrogens with zero attached hydrogens (tertiary/aromatic N) is 3. The highest BCUT2D eigenvalue weighted by Crippen LogP contribution is 2.29. The van der Waals surface area contributed by atoms with Crippen LogP contribution in [-0.4, -0.2) is 20.4 Å². The molecule has 25 heavy (non-hydrogen) atoms.